The lowest BCUT2D eigenvalue weighted by Gasteiger charge is -2.28. The van der Waals surface area contributed by atoms with Crippen LogP contribution in [0.3, 0.4) is 0 Å². The molecule has 4 atom stereocenters. The molecule has 0 heterocycles. The van der Waals surface area contributed by atoms with E-state index in [1.165, 1.54) is 6.92 Å². The molecule has 32 heavy (non-hydrogen) atoms. The van der Waals surface area contributed by atoms with Crippen molar-refractivity contribution in [3.05, 3.63) is 35.9 Å². The first-order valence-electron chi connectivity index (χ1n) is 11.1. The first kappa shape index (κ1) is 27.1. The number of rotatable bonds is 14. The Bertz CT molecular complexity index is 756. The van der Waals surface area contributed by atoms with E-state index in [9.17, 15) is 19.2 Å². The highest BCUT2D eigenvalue weighted by Crippen LogP contribution is 2.11. The van der Waals surface area contributed by atoms with Gasteiger partial charge in [0.25, 0.3) is 0 Å². The molecule has 4 amide bonds. The molecule has 0 saturated carbocycles. The van der Waals surface area contributed by atoms with Gasteiger partial charge in [-0.2, -0.15) is 0 Å². The van der Waals surface area contributed by atoms with Crippen molar-refractivity contribution in [2.45, 2.75) is 71.0 Å². The molecule has 0 aliphatic rings. The third-order valence-corrected chi connectivity index (χ3v) is 5.38. The standard InChI is InChI=1S/C23H37N5O4/c1-4-15(2)20(28-22(31)18(26-16(3)29)12-8-9-13-24)23(32)27-19(21(25)30)14-17-10-6-5-7-11-17/h5-7,10-11,15,18-20H,4,8-9,12-14,24H2,1-3H3,(H2,25,30)(H,26,29)(H,27,32)(H,28,31). The van der Waals surface area contributed by atoms with Gasteiger partial charge in [0.05, 0.1) is 0 Å². The number of carbonyl (C=O) groups is 4. The Kier molecular flexibility index (Phi) is 12.0. The molecular weight excluding hydrogens is 410 g/mol. The molecule has 9 nitrogen and oxygen atoms in total. The summed E-state index contributed by atoms with van der Waals surface area (Å²) in [7, 11) is 0. The molecule has 9 heteroatoms. The van der Waals surface area contributed by atoms with Crippen LogP contribution in [0.15, 0.2) is 30.3 Å². The lowest BCUT2D eigenvalue weighted by Crippen LogP contribution is -2.58. The number of unbranched alkanes of at least 4 members (excludes halogenated alkanes) is 1. The van der Waals surface area contributed by atoms with Crippen molar-refractivity contribution in [3.63, 3.8) is 0 Å². The van der Waals surface area contributed by atoms with Gasteiger partial charge in [-0.25, -0.2) is 0 Å². The minimum Gasteiger partial charge on any atom is -0.368 e. The van der Waals surface area contributed by atoms with E-state index in [2.05, 4.69) is 16.0 Å². The van der Waals surface area contributed by atoms with Gasteiger partial charge in [-0.15, -0.1) is 0 Å². The van der Waals surface area contributed by atoms with Crippen LogP contribution in [0.4, 0.5) is 0 Å². The molecule has 0 aliphatic heterocycles. The fourth-order valence-electron chi connectivity index (χ4n) is 3.30. The molecule has 0 saturated heterocycles. The normalized spacial score (nSPS) is 14.5. The summed E-state index contributed by atoms with van der Waals surface area (Å²) in [6.45, 7) is 5.56. The number of nitrogens with two attached hydrogens (primary N) is 2. The van der Waals surface area contributed by atoms with E-state index in [1.807, 2.05) is 44.2 Å². The second-order valence-electron chi connectivity index (χ2n) is 8.06. The highest BCUT2D eigenvalue weighted by atomic mass is 16.2. The van der Waals surface area contributed by atoms with Crippen molar-refractivity contribution in [1.29, 1.82) is 0 Å². The molecule has 7 N–H and O–H groups in total. The summed E-state index contributed by atoms with van der Waals surface area (Å²) in [4.78, 5) is 49.5. The highest BCUT2D eigenvalue weighted by molar-refractivity contribution is 5.94. The first-order valence-corrected chi connectivity index (χ1v) is 11.1. The van der Waals surface area contributed by atoms with Crippen LogP contribution >= 0.6 is 0 Å². The van der Waals surface area contributed by atoms with Gasteiger partial charge in [0.1, 0.15) is 18.1 Å². The van der Waals surface area contributed by atoms with Gasteiger partial charge in [0.15, 0.2) is 0 Å². The minimum atomic E-state index is -0.913. The van der Waals surface area contributed by atoms with E-state index in [1.54, 1.807) is 0 Å². The van der Waals surface area contributed by atoms with E-state index >= 15 is 0 Å². The molecule has 1 aromatic carbocycles. The van der Waals surface area contributed by atoms with Crippen LogP contribution in [0.25, 0.3) is 0 Å². The second-order valence-corrected chi connectivity index (χ2v) is 8.06. The summed E-state index contributed by atoms with van der Waals surface area (Å²) in [6.07, 6.45) is 2.66. The van der Waals surface area contributed by atoms with Gasteiger partial charge in [-0.1, -0.05) is 50.6 Å². The Hall–Kier alpha value is -2.94. The number of primary amides is 1. The van der Waals surface area contributed by atoms with E-state index in [0.29, 0.717) is 25.8 Å². The molecule has 1 aromatic rings. The van der Waals surface area contributed by atoms with Gasteiger partial charge in [0.2, 0.25) is 23.6 Å². The van der Waals surface area contributed by atoms with Crippen molar-refractivity contribution in [3.8, 4) is 0 Å². The van der Waals surface area contributed by atoms with Crippen molar-refractivity contribution in [2.75, 3.05) is 6.54 Å². The maximum atomic E-state index is 13.1. The summed E-state index contributed by atoms with van der Waals surface area (Å²) in [6, 6.07) is 6.66. The van der Waals surface area contributed by atoms with Crippen LogP contribution < -0.4 is 27.4 Å². The first-order chi connectivity index (χ1) is 15.2. The summed E-state index contributed by atoms with van der Waals surface area (Å²) in [5, 5.41) is 8.08. The zero-order valence-corrected chi connectivity index (χ0v) is 19.2. The minimum absolute atomic E-state index is 0.203. The summed E-state index contributed by atoms with van der Waals surface area (Å²) >= 11 is 0. The Morgan fingerprint density at radius 1 is 0.938 bits per heavy atom. The highest BCUT2D eigenvalue weighted by Gasteiger charge is 2.31. The molecule has 0 aliphatic carbocycles. The van der Waals surface area contributed by atoms with Gasteiger partial charge >= 0.3 is 0 Å². The third kappa shape index (κ3) is 9.47. The van der Waals surface area contributed by atoms with E-state index in [0.717, 1.165) is 12.0 Å². The summed E-state index contributed by atoms with van der Waals surface area (Å²) in [5.41, 5.74) is 11.9. The van der Waals surface area contributed by atoms with E-state index in [4.69, 9.17) is 11.5 Å². The molecule has 0 bridgehead atoms. The van der Waals surface area contributed by atoms with Crippen molar-refractivity contribution in [1.82, 2.24) is 16.0 Å². The Labute approximate surface area is 190 Å². The number of carbonyl (C=O) groups excluding carboxylic acids is 4. The quantitative estimate of drug-likeness (QED) is 0.260. The Morgan fingerprint density at radius 2 is 1.59 bits per heavy atom. The lowest BCUT2D eigenvalue weighted by molar-refractivity contribution is -0.134. The average molecular weight is 448 g/mol. The van der Waals surface area contributed by atoms with Crippen molar-refractivity contribution < 1.29 is 19.2 Å². The van der Waals surface area contributed by atoms with E-state index in [-0.39, 0.29) is 18.2 Å². The van der Waals surface area contributed by atoms with Crippen LogP contribution in [0.1, 0.15) is 52.0 Å². The van der Waals surface area contributed by atoms with Crippen LogP contribution in [0, 0.1) is 5.92 Å². The van der Waals surface area contributed by atoms with Gasteiger partial charge < -0.3 is 27.4 Å². The number of benzene rings is 1. The molecule has 0 aromatic heterocycles. The molecule has 178 valence electrons. The number of hydrogen-bond acceptors (Lipinski definition) is 5. The van der Waals surface area contributed by atoms with Gasteiger partial charge in [-0.05, 0) is 37.3 Å². The number of hydrogen-bond donors (Lipinski definition) is 5. The largest absolute Gasteiger partial charge is 0.368 e. The van der Waals surface area contributed by atoms with Crippen molar-refractivity contribution in [2.24, 2.45) is 17.4 Å². The zero-order chi connectivity index (χ0) is 24.1. The predicted molar refractivity (Wildman–Crippen MR) is 123 cm³/mol. The Morgan fingerprint density at radius 3 is 2.12 bits per heavy atom. The van der Waals surface area contributed by atoms with Gasteiger partial charge in [0, 0.05) is 13.3 Å². The fourth-order valence-corrected chi connectivity index (χ4v) is 3.30. The van der Waals surface area contributed by atoms with Crippen LogP contribution in [0.2, 0.25) is 0 Å². The molecular formula is C23H37N5O4. The summed E-state index contributed by atoms with van der Waals surface area (Å²) < 4.78 is 0. The van der Waals surface area contributed by atoms with E-state index < -0.39 is 35.8 Å². The maximum absolute atomic E-state index is 13.1. The average Bonchev–Trinajstić information content (AvgIpc) is 2.76. The lowest BCUT2D eigenvalue weighted by atomic mass is 9.96. The second kappa shape index (κ2) is 14.2. The number of nitrogens with one attached hydrogen (secondary N) is 3. The smallest absolute Gasteiger partial charge is 0.243 e. The molecule has 4 unspecified atom stereocenters. The van der Waals surface area contributed by atoms with Crippen LogP contribution in [-0.2, 0) is 25.6 Å². The zero-order valence-electron chi connectivity index (χ0n) is 19.2. The SMILES string of the molecule is CCC(C)C(NC(=O)C(CCCCN)NC(C)=O)C(=O)NC(Cc1ccccc1)C(N)=O. The Balaban J connectivity index is 2.93. The molecule has 1 rings (SSSR count). The topological polar surface area (TPSA) is 156 Å². The maximum Gasteiger partial charge on any atom is 0.243 e. The summed E-state index contributed by atoms with van der Waals surface area (Å²) in [5.74, 6) is -2.13. The van der Waals surface area contributed by atoms with Crippen LogP contribution in [0.5, 0.6) is 0 Å². The predicted octanol–water partition coefficient (Wildman–Crippen LogP) is 0.364. The molecule has 0 fully saturated rings. The van der Waals surface area contributed by atoms with Crippen molar-refractivity contribution >= 4 is 23.6 Å². The van der Waals surface area contributed by atoms with Gasteiger partial charge in [-0.3, -0.25) is 19.2 Å². The molecule has 0 spiro atoms. The van der Waals surface area contributed by atoms with Crippen LogP contribution in [-0.4, -0.2) is 48.3 Å². The number of amides is 4. The molecule has 0 radical (unpaired) electrons. The third-order valence-electron chi connectivity index (χ3n) is 5.38. The fraction of sp³-hybridized carbons (Fsp3) is 0.565. The monoisotopic (exact) mass is 447 g/mol.